The van der Waals surface area contributed by atoms with E-state index in [1.807, 2.05) is 6.08 Å². The van der Waals surface area contributed by atoms with Crippen LogP contribution in [0.4, 0.5) is 0 Å². The number of aliphatic hydroxyl groups is 2. The van der Waals surface area contributed by atoms with Gasteiger partial charge < -0.3 is 20.3 Å². The van der Waals surface area contributed by atoms with Crippen LogP contribution in [0.15, 0.2) is 12.2 Å². The predicted octanol–water partition coefficient (Wildman–Crippen LogP) is 24.7. The molecule has 2 unspecified atom stereocenters. The molecule has 488 valence electrons. The van der Waals surface area contributed by atoms with Crippen molar-refractivity contribution in [3.05, 3.63) is 12.2 Å². The van der Waals surface area contributed by atoms with E-state index in [2.05, 4.69) is 19.2 Å². The molecule has 0 aromatic heterocycles. The molecule has 1 amide bonds. The summed E-state index contributed by atoms with van der Waals surface area (Å²) in [6.07, 6.45) is 90.3. The number of allylic oxidation sites excluding steroid dienone is 1. The van der Waals surface area contributed by atoms with Crippen LogP contribution in [0.3, 0.4) is 0 Å². The summed E-state index contributed by atoms with van der Waals surface area (Å²) in [4.78, 5) is 24.6. The number of hydrogen-bond donors (Lipinski definition) is 3. The van der Waals surface area contributed by atoms with Crippen molar-refractivity contribution in [3.8, 4) is 0 Å². The van der Waals surface area contributed by atoms with Gasteiger partial charge in [-0.25, -0.2) is 0 Å². The third kappa shape index (κ3) is 67.7. The van der Waals surface area contributed by atoms with E-state index in [9.17, 15) is 19.8 Å². The molecular weight excluding hydrogens is 1010 g/mol. The number of carbonyl (C=O) groups is 2. The van der Waals surface area contributed by atoms with E-state index in [1.54, 1.807) is 6.08 Å². The molecule has 3 N–H and O–H groups in total. The summed E-state index contributed by atoms with van der Waals surface area (Å²) in [5.41, 5.74) is 0. The van der Waals surface area contributed by atoms with E-state index in [0.29, 0.717) is 19.4 Å². The van der Waals surface area contributed by atoms with Crippen molar-refractivity contribution in [1.82, 2.24) is 5.32 Å². The fourth-order valence-corrected chi connectivity index (χ4v) is 12.3. The van der Waals surface area contributed by atoms with E-state index < -0.39 is 12.1 Å². The zero-order chi connectivity index (χ0) is 59.2. The third-order valence-electron chi connectivity index (χ3n) is 18.1. The van der Waals surface area contributed by atoms with Crippen molar-refractivity contribution in [1.29, 1.82) is 0 Å². The zero-order valence-corrected chi connectivity index (χ0v) is 56.0. The first-order valence-electron chi connectivity index (χ1n) is 38.0. The molecule has 0 fully saturated rings. The Balaban J connectivity index is 3.35. The standard InChI is InChI=1S/C76H149NO5/c1-3-5-7-9-11-13-15-17-18-19-20-21-32-35-38-41-45-48-52-56-60-64-68-74(79)73(72-78)77-75(80)69-65-61-57-53-49-46-42-39-36-33-30-28-26-24-22-23-25-27-29-31-34-37-40-43-47-51-55-59-63-67-71-82-76(81)70-66-62-58-54-50-44-16-14-12-10-8-6-4-2/h64,68,73-74,78-79H,3-63,65-67,69-72H2,1-2H3,(H,77,80)/b68-64+. The molecule has 0 aliphatic heterocycles. The molecule has 0 rings (SSSR count). The van der Waals surface area contributed by atoms with Crippen LogP contribution in [0.5, 0.6) is 0 Å². The summed E-state index contributed by atoms with van der Waals surface area (Å²) in [6.45, 7) is 4.96. The minimum Gasteiger partial charge on any atom is -0.466 e. The van der Waals surface area contributed by atoms with Crippen LogP contribution in [0, 0.1) is 0 Å². The lowest BCUT2D eigenvalue weighted by molar-refractivity contribution is -0.143. The molecule has 0 aromatic rings. The van der Waals surface area contributed by atoms with Gasteiger partial charge in [0.2, 0.25) is 5.91 Å². The number of aliphatic hydroxyl groups excluding tert-OH is 2. The number of amides is 1. The average molecular weight is 1160 g/mol. The Kier molecular flexibility index (Phi) is 70.8. The fourth-order valence-electron chi connectivity index (χ4n) is 12.3. The average Bonchev–Trinajstić information content (AvgIpc) is 3.48. The van der Waals surface area contributed by atoms with E-state index in [1.165, 1.54) is 372 Å². The second-order valence-corrected chi connectivity index (χ2v) is 26.4. The van der Waals surface area contributed by atoms with Gasteiger partial charge in [-0.05, 0) is 32.1 Å². The largest absolute Gasteiger partial charge is 0.466 e. The molecule has 0 aromatic carbocycles. The van der Waals surface area contributed by atoms with Crippen molar-refractivity contribution in [2.24, 2.45) is 0 Å². The number of ether oxygens (including phenoxy) is 1. The van der Waals surface area contributed by atoms with Crippen molar-refractivity contribution in [2.45, 2.75) is 450 Å². The second kappa shape index (κ2) is 72.1. The molecule has 2 atom stereocenters. The Morgan fingerprint density at radius 2 is 0.561 bits per heavy atom. The molecular formula is C76H149NO5. The molecule has 82 heavy (non-hydrogen) atoms. The second-order valence-electron chi connectivity index (χ2n) is 26.4. The van der Waals surface area contributed by atoms with E-state index in [4.69, 9.17) is 4.74 Å². The molecule has 0 saturated carbocycles. The summed E-state index contributed by atoms with van der Waals surface area (Å²) in [5, 5.41) is 23.3. The molecule has 0 heterocycles. The SMILES string of the molecule is CCCCCCCCCCCCCCCCCCCCCC/C=C/C(O)C(CO)NC(=O)CCCCCCCCCCCCCCCCCCCCCCCCCCCCCCCCOC(=O)CCCCCCCCCCCCCCC. The molecule has 0 aliphatic rings. The van der Waals surface area contributed by atoms with Crippen molar-refractivity contribution in [3.63, 3.8) is 0 Å². The van der Waals surface area contributed by atoms with Crippen LogP contribution in [0.1, 0.15) is 438 Å². The van der Waals surface area contributed by atoms with Crippen LogP contribution in [-0.2, 0) is 14.3 Å². The van der Waals surface area contributed by atoms with E-state index >= 15 is 0 Å². The molecule has 0 saturated heterocycles. The number of carbonyl (C=O) groups excluding carboxylic acids is 2. The number of unbranched alkanes of at least 4 members (excludes halogenated alkanes) is 61. The number of rotatable bonds is 72. The minimum atomic E-state index is -0.842. The van der Waals surface area contributed by atoms with Crippen molar-refractivity contribution < 1.29 is 24.5 Å². The molecule has 0 bridgehead atoms. The maximum atomic E-state index is 12.5. The topological polar surface area (TPSA) is 95.9 Å². The van der Waals surface area contributed by atoms with Crippen LogP contribution < -0.4 is 5.32 Å². The van der Waals surface area contributed by atoms with Gasteiger partial charge in [-0.3, -0.25) is 9.59 Å². The normalized spacial score (nSPS) is 12.5. The summed E-state index contributed by atoms with van der Waals surface area (Å²) in [6, 6.07) is -0.625. The predicted molar refractivity (Wildman–Crippen MR) is 361 cm³/mol. The summed E-state index contributed by atoms with van der Waals surface area (Å²) in [5.74, 6) is -0.0364. The highest BCUT2D eigenvalue weighted by atomic mass is 16.5. The number of hydrogen-bond acceptors (Lipinski definition) is 5. The first kappa shape index (κ1) is 80.6. The Bertz CT molecular complexity index is 1240. The lowest BCUT2D eigenvalue weighted by atomic mass is 10.0. The minimum absolute atomic E-state index is 0.0225. The fraction of sp³-hybridized carbons (Fsp3) is 0.947. The van der Waals surface area contributed by atoms with Gasteiger partial charge in [-0.15, -0.1) is 0 Å². The molecule has 6 heteroatoms. The quantitative estimate of drug-likeness (QED) is 0.0320. The van der Waals surface area contributed by atoms with Crippen molar-refractivity contribution in [2.75, 3.05) is 13.2 Å². The number of nitrogens with one attached hydrogen (secondary N) is 1. The first-order valence-corrected chi connectivity index (χ1v) is 38.0. The first-order chi connectivity index (χ1) is 40.5. The molecule has 6 nitrogen and oxygen atoms in total. The Hall–Kier alpha value is -1.40. The van der Waals surface area contributed by atoms with Gasteiger partial charge in [-0.2, -0.15) is 0 Å². The highest BCUT2D eigenvalue weighted by molar-refractivity contribution is 5.76. The van der Waals surface area contributed by atoms with Crippen LogP contribution in [-0.4, -0.2) is 47.4 Å². The lowest BCUT2D eigenvalue weighted by Gasteiger charge is -2.20. The summed E-state index contributed by atoms with van der Waals surface area (Å²) < 4.78 is 5.49. The van der Waals surface area contributed by atoms with E-state index in [-0.39, 0.29) is 18.5 Å². The maximum absolute atomic E-state index is 12.5. The van der Waals surface area contributed by atoms with Gasteiger partial charge in [0.25, 0.3) is 0 Å². The van der Waals surface area contributed by atoms with Gasteiger partial charge in [0, 0.05) is 12.8 Å². The van der Waals surface area contributed by atoms with Gasteiger partial charge in [0.1, 0.15) is 0 Å². The van der Waals surface area contributed by atoms with Gasteiger partial charge in [0.15, 0.2) is 0 Å². The molecule has 0 spiro atoms. The maximum Gasteiger partial charge on any atom is 0.305 e. The molecule has 0 radical (unpaired) electrons. The summed E-state index contributed by atoms with van der Waals surface area (Å²) >= 11 is 0. The molecule has 0 aliphatic carbocycles. The van der Waals surface area contributed by atoms with Crippen LogP contribution in [0.2, 0.25) is 0 Å². The summed E-state index contributed by atoms with van der Waals surface area (Å²) in [7, 11) is 0. The van der Waals surface area contributed by atoms with Crippen LogP contribution in [0.25, 0.3) is 0 Å². The lowest BCUT2D eigenvalue weighted by Crippen LogP contribution is -2.45. The zero-order valence-electron chi connectivity index (χ0n) is 56.0. The Morgan fingerprint density at radius 1 is 0.329 bits per heavy atom. The highest BCUT2D eigenvalue weighted by Gasteiger charge is 2.18. The van der Waals surface area contributed by atoms with Gasteiger partial charge >= 0.3 is 5.97 Å². The van der Waals surface area contributed by atoms with Gasteiger partial charge in [-0.1, -0.05) is 405 Å². The smallest absolute Gasteiger partial charge is 0.305 e. The Morgan fingerprint density at radius 3 is 0.829 bits per heavy atom. The van der Waals surface area contributed by atoms with Gasteiger partial charge in [0.05, 0.1) is 25.4 Å². The monoisotopic (exact) mass is 1160 g/mol. The third-order valence-corrected chi connectivity index (χ3v) is 18.1. The van der Waals surface area contributed by atoms with Crippen molar-refractivity contribution >= 4 is 11.9 Å². The highest BCUT2D eigenvalue weighted by Crippen LogP contribution is 2.20. The van der Waals surface area contributed by atoms with E-state index in [0.717, 1.165) is 38.5 Å². The van der Waals surface area contributed by atoms with Crippen LogP contribution >= 0.6 is 0 Å². The Labute approximate surface area is 514 Å². The number of esters is 1.